The highest BCUT2D eigenvalue weighted by molar-refractivity contribution is 5.18. The van der Waals surface area contributed by atoms with Crippen LogP contribution in [0, 0.1) is 35.0 Å². The van der Waals surface area contributed by atoms with Crippen LogP contribution in [0.5, 0.6) is 0 Å². The second kappa shape index (κ2) is 2.61. The molecule has 7 atom stereocenters. The molecule has 0 aromatic carbocycles. The highest BCUT2D eigenvalue weighted by atomic mass is 16.6. The number of ether oxygens (including phenoxy) is 1. The van der Waals surface area contributed by atoms with Crippen molar-refractivity contribution in [1.29, 1.82) is 0 Å². The zero-order valence-electron chi connectivity index (χ0n) is 9.91. The molecular weight excluding hydrogens is 184 g/mol. The molecule has 0 aromatic heterocycles. The fourth-order valence-corrected chi connectivity index (χ4v) is 5.33. The van der Waals surface area contributed by atoms with E-state index < -0.39 is 0 Å². The highest BCUT2D eigenvalue weighted by Crippen LogP contribution is 2.76. The Labute approximate surface area is 92.6 Å². The van der Waals surface area contributed by atoms with Crippen LogP contribution in [0.1, 0.15) is 39.5 Å². The van der Waals surface area contributed by atoms with Crippen LogP contribution < -0.4 is 0 Å². The quantitative estimate of drug-likeness (QED) is 0.632. The molecule has 4 rings (SSSR count). The molecule has 1 spiro atoms. The molecule has 3 aliphatic carbocycles. The second-order valence-corrected chi connectivity index (χ2v) is 6.78. The summed E-state index contributed by atoms with van der Waals surface area (Å²) in [4.78, 5) is 0. The third-order valence-corrected chi connectivity index (χ3v) is 6.37. The van der Waals surface area contributed by atoms with E-state index in [2.05, 4.69) is 13.8 Å². The molecular formula is C14H22O. The van der Waals surface area contributed by atoms with Gasteiger partial charge in [0.15, 0.2) is 0 Å². The summed E-state index contributed by atoms with van der Waals surface area (Å²) in [5, 5.41) is 0. The lowest BCUT2D eigenvalue weighted by Crippen LogP contribution is -2.30. The van der Waals surface area contributed by atoms with Crippen LogP contribution in [0.3, 0.4) is 0 Å². The first-order valence-corrected chi connectivity index (χ1v) is 6.84. The van der Waals surface area contributed by atoms with Gasteiger partial charge in [0.1, 0.15) is 0 Å². The standard InChI is InChI=1S/C14H22O/c1-8-10-3-4-11(9(2)13-7-15-13)14(5-10)6-12(8)14/h8-13H,3-7H2,1-2H3. The Hall–Kier alpha value is -0.0400. The van der Waals surface area contributed by atoms with Gasteiger partial charge >= 0.3 is 0 Å². The molecule has 1 saturated heterocycles. The van der Waals surface area contributed by atoms with Gasteiger partial charge in [-0.05, 0) is 60.7 Å². The van der Waals surface area contributed by atoms with Crippen LogP contribution in [0.4, 0.5) is 0 Å². The first kappa shape index (κ1) is 9.04. The lowest BCUT2D eigenvalue weighted by atomic mass is 9.68. The molecule has 4 aliphatic rings. The predicted octanol–water partition coefficient (Wildman–Crippen LogP) is 3.09. The van der Waals surface area contributed by atoms with E-state index in [1.165, 1.54) is 12.8 Å². The molecule has 84 valence electrons. The fourth-order valence-electron chi connectivity index (χ4n) is 5.33. The van der Waals surface area contributed by atoms with Gasteiger partial charge in [-0.1, -0.05) is 13.8 Å². The Bertz CT molecular complexity index is 296. The monoisotopic (exact) mass is 206 g/mol. The van der Waals surface area contributed by atoms with Crippen molar-refractivity contribution in [2.24, 2.45) is 35.0 Å². The van der Waals surface area contributed by atoms with Gasteiger partial charge in [0.2, 0.25) is 0 Å². The van der Waals surface area contributed by atoms with Crippen molar-refractivity contribution >= 4 is 0 Å². The van der Waals surface area contributed by atoms with Crippen molar-refractivity contribution in [3.05, 3.63) is 0 Å². The molecule has 3 saturated carbocycles. The Morgan fingerprint density at radius 3 is 2.80 bits per heavy atom. The number of hydrogen-bond donors (Lipinski definition) is 0. The van der Waals surface area contributed by atoms with E-state index in [1.807, 2.05) is 0 Å². The largest absolute Gasteiger partial charge is 0.373 e. The zero-order chi connectivity index (χ0) is 10.2. The molecule has 0 radical (unpaired) electrons. The van der Waals surface area contributed by atoms with Crippen molar-refractivity contribution in [2.75, 3.05) is 6.61 Å². The Balaban J connectivity index is 1.61. The van der Waals surface area contributed by atoms with Crippen LogP contribution in [0.25, 0.3) is 0 Å². The molecule has 1 heteroatoms. The van der Waals surface area contributed by atoms with Crippen molar-refractivity contribution in [3.8, 4) is 0 Å². The fraction of sp³-hybridized carbons (Fsp3) is 1.00. The number of hydrogen-bond acceptors (Lipinski definition) is 1. The second-order valence-electron chi connectivity index (χ2n) is 6.78. The van der Waals surface area contributed by atoms with E-state index in [1.54, 1.807) is 12.8 Å². The van der Waals surface area contributed by atoms with Crippen LogP contribution >= 0.6 is 0 Å². The van der Waals surface area contributed by atoms with E-state index >= 15 is 0 Å². The van der Waals surface area contributed by atoms with E-state index in [9.17, 15) is 0 Å². The summed E-state index contributed by atoms with van der Waals surface area (Å²) in [7, 11) is 0. The van der Waals surface area contributed by atoms with E-state index in [4.69, 9.17) is 4.74 Å². The van der Waals surface area contributed by atoms with Crippen LogP contribution in [-0.2, 0) is 4.74 Å². The zero-order valence-corrected chi connectivity index (χ0v) is 9.91. The average Bonchev–Trinajstić information content (AvgIpc) is 3.09. The average molecular weight is 206 g/mol. The van der Waals surface area contributed by atoms with Crippen LogP contribution in [-0.4, -0.2) is 12.7 Å². The van der Waals surface area contributed by atoms with E-state index in [-0.39, 0.29) is 0 Å². The maximum Gasteiger partial charge on any atom is 0.0838 e. The van der Waals surface area contributed by atoms with Gasteiger partial charge in [0.05, 0.1) is 12.7 Å². The molecule has 4 fully saturated rings. The molecule has 0 amide bonds. The summed E-state index contributed by atoms with van der Waals surface area (Å²) in [6.07, 6.45) is 6.79. The molecule has 0 N–H and O–H groups in total. The van der Waals surface area contributed by atoms with E-state index in [0.29, 0.717) is 6.10 Å². The van der Waals surface area contributed by atoms with Gasteiger partial charge in [0, 0.05) is 0 Å². The smallest absolute Gasteiger partial charge is 0.0838 e. The molecule has 15 heavy (non-hydrogen) atoms. The summed E-state index contributed by atoms with van der Waals surface area (Å²) >= 11 is 0. The molecule has 7 unspecified atom stereocenters. The summed E-state index contributed by atoms with van der Waals surface area (Å²) in [6, 6.07) is 0. The third-order valence-electron chi connectivity index (χ3n) is 6.37. The summed E-state index contributed by atoms with van der Waals surface area (Å²) in [5.74, 6) is 5.10. The van der Waals surface area contributed by atoms with Gasteiger partial charge in [-0.3, -0.25) is 0 Å². The van der Waals surface area contributed by atoms with Crippen molar-refractivity contribution in [3.63, 3.8) is 0 Å². The van der Waals surface area contributed by atoms with Gasteiger partial charge in [-0.2, -0.15) is 0 Å². The number of fused-ring (bicyclic) bond motifs is 1. The first-order chi connectivity index (χ1) is 7.22. The summed E-state index contributed by atoms with van der Waals surface area (Å²) in [6.45, 7) is 6.03. The Kier molecular flexibility index (Phi) is 1.57. The lowest BCUT2D eigenvalue weighted by Gasteiger charge is -2.36. The SMILES string of the molecule is CC1C2CCC(C(C)C3CO3)C3(C2)CC13. The number of rotatable bonds is 2. The first-order valence-electron chi connectivity index (χ1n) is 6.84. The normalized spacial score (nSPS) is 62.4. The van der Waals surface area contributed by atoms with E-state index in [0.717, 1.165) is 41.6 Å². The van der Waals surface area contributed by atoms with Gasteiger partial charge < -0.3 is 4.74 Å². The molecule has 1 nitrogen and oxygen atoms in total. The Morgan fingerprint density at radius 1 is 1.27 bits per heavy atom. The third kappa shape index (κ3) is 1.03. The summed E-state index contributed by atoms with van der Waals surface area (Å²) < 4.78 is 5.52. The topological polar surface area (TPSA) is 12.5 Å². The highest BCUT2D eigenvalue weighted by Gasteiger charge is 2.69. The molecule has 1 aliphatic heterocycles. The minimum Gasteiger partial charge on any atom is -0.373 e. The molecule has 1 heterocycles. The van der Waals surface area contributed by atoms with Crippen molar-refractivity contribution in [1.82, 2.24) is 0 Å². The van der Waals surface area contributed by atoms with Crippen LogP contribution in [0.2, 0.25) is 0 Å². The lowest BCUT2D eigenvalue weighted by molar-refractivity contribution is 0.115. The Morgan fingerprint density at radius 2 is 2.07 bits per heavy atom. The maximum atomic E-state index is 5.52. The van der Waals surface area contributed by atoms with Crippen molar-refractivity contribution in [2.45, 2.75) is 45.6 Å². The predicted molar refractivity (Wildman–Crippen MR) is 59.4 cm³/mol. The van der Waals surface area contributed by atoms with Crippen molar-refractivity contribution < 1.29 is 4.74 Å². The van der Waals surface area contributed by atoms with Gasteiger partial charge in [-0.15, -0.1) is 0 Å². The van der Waals surface area contributed by atoms with Crippen LogP contribution in [0.15, 0.2) is 0 Å². The molecule has 0 aromatic rings. The van der Waals surface area contributed by atoms with Gasteiger partial charge in [-0.25, -0.2) is 0 Å². The van der Waals surface area contributed by atoms with Gasteiger partial charge in [0.25, 0.3) is 0 Å². The minimum atomic E-state index is 0.637. The number of epoxide rings is 1. The maximum absolute atomic E-state index is 5.52. The minimum absolute atomic E-state index is 0.637. The molecule has 2 bridgehead atoms. The summed E-state index contributed by atoms with van der Waals surface area (Å²) in [5.41, 5.74) is 0.813.